The minimum absolute atomic E-state index is 0.0652. The maximum atomic E-state index is 13.1. The van der Waals surface area contributed by atoms with Gasteiger partial charge < -0.3 is 14.4 Å². The van der Waals surface area contributed by atoms with Crippen LogP contribution in [0, 0.1) is 5.82 Å². The van der Waals surface area contributed by atoms with Crippen molar-refractivity contribution in [3.8, 4) is 22.8 Å². The molecule has 7 heteroatoms. The van der Waals surface area contributed by atoms with Gasteiger partial charge >= 0.3 is 0 Å². The summed E-state index contributed by atoms with van der Waals surface area (Å²) in [5.74, 6) is 0.911. The summed E-state index contributed by atoms with van der Waals surface area (Å²) in [6, 6.07) is 13.5. The topological polar surface area (TPSA) is 67.5 Å². The highest BCUT2D eigenvalue weighted by atomic mass is 19.1. The molecule has 0 fully saturated rings. The van der Waals surface area contributed by atoms with Crippen LogP contribution in [0.1, 0.15) is 42.7 Å². The Hall–Kier alpha value is -3.35. The lowest BCUT2D eigenvalue weighted by atomic mass is 10.1. The number of aromatic amines is 1. The Balaban J connectivity index is 1.55. The minimum atomic E-state index is -0.270. The molecule has 0 saturated carbocycles. The molecule has 0 spiro atoms. The molecule has 1 amide bonds. The van der Waals surface area contributed by atoms with E-state index in [9.17, 15) is 9.18 Å². The van der Waals surface area contributed by atoms with Gasteiger partial charge in [0.2, 0.25) is 0 Å². The molecule has 0 unspecified atom stereocenters. The van der Waals surface area contributed by atoms with Gasteiger partial charge in [-0.15, -0.1) is 0 Å². The summed E-state index contributed by atoms with van der Waals surface area (Å²) in [7, 11) is 1.79. The van der Waals surface area contributed by atoms with Gasteiger partial charge in [0.15, 0.2) is 11.5 Å². The molecule has 32 heavy (non-hydrogen) atoms. The number of H-pyrrole nitrogens is 1. The number of carbonyl (C=O) groups excluding carboxylic acids is 1. The van der Waals surface area contributed by atoms with E-state index in [4.69, 9.17) is 9.47 Å². The van der Waals surface area contributed by atoms with Crippen LogP contribution in [-0.4, -0.2) is 47.8 Å². The van der Waals surface area contributed by atoms with Gasteiger partial charge in [0.05, 0.1) is 18.9 Å². The zero-order valence-corrected chi connectivity index (χ0v) is 18.9. The molecule has 0 atom stereocenters. The zero-order valence-electron chi connectivity index (χ0n) is 18.9. The summed E-state index contributed by atoms with van der Waals surface area (Å²) < 4.78 is 24.5. The van der Waals surface area contributed by atoms with Crippen molar-refractivity contribution < 1.29 is 18.7 Å². The number of benzene rings is 2. The van der Waals surface area contributed by atoms with Crippen LogP contribution in [0.25, 0.3) is 11.3 Å². The Kier molecular flexibility index (Phi) is 8.25. The van der Waals surface area contributed by atoms with Crippen LogP contribution in [0.5, 0.6) is 11.5 Å². The van der Waals surface area contributed by atoms with Gasteiger partial charge in [-0.05, 0) is 74.7 Å². The molecule has 0 aliphatic rings. The first kappa shape index (κ1) is 23.3. The second-order valence-electron chi connectivity index (χ2n) is 7.56. The number of aryl methyl sites for hydroxylation is 1. The largest absolute Gasteiger partial charge is 0.490 e. The number of amides is 1. The van der Waals surface area contributed by atoms with Crippen LogP contribution < -0.4 is 9.47 Å². The fourth-order valence-corrected chi connectivity index (χ4v) is 3.33. The molecule has 170 valence electrons. The smallest absolute Gasteiger partial charge is 0.253 e. The number of nitrogens with zero attached hydrogens (tertiary/aromatic N) is 2. The van der Waals surface area contributed by atoms with E-state index >= 15 is 0 Å². The first-order chi connectivity index (χ1) is 15.5. The van der Waals surface area contributed by atoms with E-state index in [1.165, 1.54) is 12.1 Å². The average molecular weight is 440 g/mol. The van der Waals surface area contributed by atoms with Crippen LogP contribution >= 0.6 is 0 Å². The average Bonchev–Trinajstić information content (AvgIpc) is 3.27. The molecular weight excluding hydrogens is 409 g/mol. The number of rotatable bonds is 11. The lowest BCUT2D eigenvalue weighted by Crippen LogP contribution is -2.28. The summed E-state index contributed by atoms with van der Waals surface area (Å²) in [5, 5.41) is 7.32. The highest BCUT2D eigenvalue weighted by Crippen LogP contribution is 2.29. The quantitative estimate of drug-likeness (QED) is 0.451. The summed E-state index contributed by atoms with van der Waals surface area (Å²) in [4.78, 5) is 14.6. The summed E-state index contributed by atoms with van der Waals surface area (Å²) >= 11 is 0. The van der Waals surface area contributed by atoms with Crippen molar-refractivity contribution in [1.29, 1.82) is 0 Å². The van der Waals surface area contributed by atoms with Crippen LogP contribution in [-0.2, 0) is 6.42 Å². The van der Waals surface area contributed by atoms with Crippen LogP contribution in [0.3, 0.4) is 0 Å². The van der Waals surface area contributed by atoms with Gasteiger partial charge in [0.25, 0.3) is 5.91 Å². The van der Waals surface area contributed by atoms with Crippen molar-refractivity contribution in [2.45, 2.75) is 33.1 Å². The lowest BCUT2D eigenvalue weighted by molar-refractivity contribution is 0.0793. The van der Waals surface area contributed by atoms with Crippen molar-refractivity contribution in [2.75, 3.05) is 26.8 Å². The molecule has 0 saturated heterocycles. The molecule has 1 heterocycles. The fraction of sp³-hybridized carbons (Fsp3) is 0.360. The van der Waals surface area contributed by atoms with E-state index in [2.05, 4.69) is 10.2 Å². The number of carbonyl (C=O) groups is 1. The molecule has 0 aliphatic heterocycles. The van der Waals surface area contributed by atoms with Crippen LogP contribution in [0.2, 0.25) is 0 Å². The van der Waals surface area contributed by atoms with E-state index < -0.39 is 0 Å². The normalized spacial score (nSPS) is 10.8. The number of nitrogens with one attached hydrogen (secondary N) is 1. The fourth-order valence-electron chi connectivity index (χ4n) is 3.33. The second-order valence-corrected chi connectivity index (χ2v) is 7.56. The molecule has 2 aromatic carbocycles. The number of ether oxygens (including phenoxy) is 2. The molecule has 0 radical (unpaired) electrons. The van der Waals surface area contributed by atoms with Crippen LogP contribution in [0.15, 0.2) is 48.5 Å². The van der Waals surface area contributed by atoms with Crippen LogP contribution in [0.4, 0.5) is 4.39 Å². The van der Waals surface area contributed by atoms with Gasteiger partial charge in [-0.1, -0.05) is 6.92 Å². The molecule has 3 rings (SSSR count). The Morgan fingerprint density at radius 2 is 1.84 bits per heavy atom. The lowest BCUT2D eigenvalue weighted by Gasteiger charge is -2.18. The molecule has 0 bridgehead atoms. The maximum absolute atomic E-state index is 13.1. The van der Waals surface area contributed by atoms with Gasteiger partial charge in [-0.2, -0.15) is 5.10 Å². The standard InChI is InChI=1S/C25H30FN3O3/c1-4-15-32-23-13-10-19(16-24(23)31-5-2)25(30)29(3)14-6-7-21-17-22(28-27-21)18-8-11-20(26)12-9-18/h8-13,16-17H,4-7,14-15H2,1-3H3,(H,27,28). The van der Waals surface area contributed by atoms with E-state index in [1.54, 1.807) is 42.3 Å². The summed E-state index contributed by atoms with van der Waals surface area (Å²) in [6.07, 6.45) is 2.43. The third kappa shape index (κ3) is 6.09. The highest BCUT2D eigenvalue weighted by molar-refractivity contribution is 5.94. The third-order valence-electron chi connectivity index (χ3n) is 5.01. The Bertz CT molecular complexity index is 1020. The predicted molar refractivity (Wildman–Crippen MR) is 123 cm³/mol. The van der Waals surface area contributed by atoms with Gasteiger partial charge in [-0.25, -0.2) is 4.39 Å². The second kappa shape index (κ2) is 11.3. The number of hydrogen-bond donors (Lipinski definition) is 1. The Morgan fingerprint density at radius 1 is 1.06 bits per heavy atom. The first-order valence-corrected chi connectivity index (χ1v) is 11.0. The van der Waals surface area contributed by atoms with E-state index in [0.717, 1.165) is 36.2 Å². The van der Waals surface area contributed by atoms with Crippen molar-refractivity contribution in [3.05, 3.63) is 65.6 Å². The highest BCUT2D eigenvalue weighted by Gasteiger charge is 2.15. The minimum Gasteiger partial charge on any atom is -0.490 e. The first-order valence-electron chi connectivity index (χ1n) is 11.0. The summed E-state index contributed by atoms with van der Waals surface area (Å²) in [5.41, 5.74) is 3.18. The molecule has 1 aromatic heterocycles. The zero-order chi connectivity index (χ0) is 22.9. The third-order valence-corrected chi connectivity index (χ3v) is 5.01. The van der Waals surface area contributed by atoms with Gasteiger partial charge in [-0.3, -0.25) is 9.89 Å². The van der Waals surface area contributed by atoms with Gasteiger partial charge in [0.1, 0.15) is 5.82 Å². The maximum Gasteiger partial charge on any atom is 0.253 e. The SMILES string of the molecule is CCCOc1ccc(C(=O)N(C)CCCc2cc(-c3ccc(F)cc3)n[nH]2)cc1OCC. The molecule has 6 nitrogen and oxygen atoms in total. The number of aromatic nitrogens is 2. The monoisotopic (exact) mass is 439 g/mol. The van der Waals surface area contributed by atoms with Crippen molar-refractivity contribution in [3.63, 3.8) is 0 Å². The Labute approximate surface area is 188 Å². The Morgan fingerprint density at radius 3 is 2.56 bits per heavy atom. The van der Waals surface area contributed by atoms with Crippen molar-refractivity contribution >= 4 is 5.91 Å². The van der Waals surface area contributed by atoms with E-state index in [1.807, 2.05) is 19.9 Å². The van der Waals surface area contributed by atoms with Crippen molar-refractivity contribution in [2.24, 2.45) is 0 Å². The van der Waals surface area contributed by atoms with Gasteiger partial charge in [0, 0.05) is 30.4 Å². The molecular formula is C25H30FN3O3. The van der Waals surface area contributed by atoms with E-state index in [-0.39, 0.29) is 11.7 Å². The number of halogens is 1. The molecule has 3 aromatic rings. The van der Waals surface area contributed by atoms with E-state index in [0.29, 0.717) is 36.8 Å². The summed E-state index contributed by atoms with van der Waals surface area (Å²) in [6.45, 7) is 5.65. The number of hydrogen-bond acceptors (Lipinski definition) is 4. The molecule has 1 N–H and O–H groups in total. The predicted octanol–water partition coefficient (Wildman–Crippen LogP) is 5.11. The molecule has 0 aliphatic carbocycles. The van der Waals surface area contributed by atoms with Crippen molar-refractivity contribution in [1.82, 2.24) is 15.1 Å².